The number of hydrogen-bond acceptors (Lipinski definition) is 2. The van der Waals surface area contributed by atoms with Gasteiger partial charge in [-0.25, -0.2) is 0 Å². The van der Waals surface area contributed by atoms with E-state index in [1.54, 1.807) is 0 Å². The number of rotatable bonds is 5. The Morgan fingerprint density at radius 2 is 1.79 bits per heavy atom. The second-order valence-electron chi connectivity index (χ2n) is 6.42. The highest BCUT2D eigenvalue weighted by molar-refractivity contribution is 5.83. The summed E-state index contributed by atoms with van der Waals surface area (Å²) in [6.45, 7) is 3.54. The lowest BCUT2D eigenvalue weighted by Gasteiger charge is -2.40. The van der Waals surface area contributed by atoms with Crippen molar-refractivity contribution in [2.75, 3.05) is 13.1 Å². The van der Waals surface area contributed by atoms with Gasteiger partial charge in [-0.3, -0.25) is 4.79 Å². The third kappa shape index (κ3) is 3.13. The maximum absolute atomic E-state index is 13.1. The van der Waals surface area contributed by atoms with E-state index in [-0.39, 0.29) is 5.41 Å². The highest BCUT2D eigenvalue weighted by atomic mass is 16.2. The lowest BCUT2D eigenvalue weighted by Crippen LogP contribution is -2.50. The molecule has 0 unspecified atom stereocenters. The van der Waals surface area contributed by atoms with E-state index in [0.29, 0.717) is 18.5 Å². The first-order valence-corrected chi connectivity index (χ1v) is 8.24. The summed E-state index contributed by atoms with van der Waals surface area (Å²) in [7, 11) is 0. The fourth-order valence-electron chi connectivity index (χ4n) is 4.06. The maximum Gasteiger partial charge on any atom is 0.229 e. The van der Waals surface area contributed by atoms with Crippen molar-refractivity contribution in [2.45, 2.75) is 77.2 Å². The third-order valence-corrected chi connectivity index (χ3v) is 5.34. The summed E-state index contributed by atoms with van der Waals surface area (Å²) in [4.78, 5) is 15.2. The fourth-order valence-corrected chi connectivity index (χ4v) is 4.06. The number of nitrogens with two attached hydrogens (primary N) is 1. The molecule has 110 valence electrons. The predicted molar refractivity (Wildman–Crippen MR) is 78.8 cm³/mol. The van der Waals surface area contributed by atoms with Crippen molar-refractivity contribution in [3.05, 3.63) is 0 Å². The number of nitrogens with zero attached hydrogens (tertiary/aromatic N) is 1. The summed E-state index contributed by atoms with van der Waals surface area (Å²) in [5, 5.41) is 0. The van der Waals surface area contributed by atoms with Crippen LogP contribution in [0.3, 0.4) is 0 Å². The molecule has 0 aliphatic heterocycles. The molecule has 0 spiro atoms. The summed E-state index contributed by atoms with van der Waals surface area (Å²) in [6, 6.07) is 0.467. The quantitative estimate of drug-likeness (QED) is 0.831. The van der Waals surface area contributed by atoms with Crippen molar-refractivity contribution >= 4 is 5.91 Å². The molecule has 0 aromatic carbocycles. The van der Waals surface area contributed by atoms with E-state index in [4.69, 9.17) is 5.73 Å². The summed E-state index contributed by atoms with van der Waals surface area (Å²) in [6.07, 6.45) is 11.9. The largest absolute Gasteiger partial charge is 0.338 e. The highest BCUT2D eigenvalue weighted by Crippen LogP contribution is 2.43. The third-order valence-electron chi connectivity index (χ3n) is 5.34. The first kappa shape index (κ1) is 14.8. The standard InChI is InChI=1S/C16H30N2O/c1-2-16(10-6-7-11-16)15(19)18(13-12-17)14-8-4-3-5-9-14/h14H,2-13,17H2,1H3. The van der Waals surface area contributed by atoms with Gasteiger partial charge in [0.25, 0.3) is 0 Å². The van der Waals surface area contributed by atoms with E-state index in [2.05, 4.69) is 11.8 Å². The molecule has 2 N–H and O–H groups in total. The Hall–Kier alpha value is -0.570. The summed E-state index contributed by atoms with van der Waals surface area (Å²) < 4.78 is 0. The van der Waals surface area contributed by atoms with Crippen molar-refractivity contribution in [3.63, 3.8) is 0 Å². The second-order valence-corrected chi connectivity index (χ2v) is 6.42. The molecule has 0 bridgehead atoms. The molecule has 0 aromatic heterocycles. The Kier molecular flexibility index (Phi) is 5.26. The van der Waals surface area contributed by atoms with Crippen molar-refractivity contribution in [1.29, 1.82) is 0 Å². The SMILES string of the molecule is CCC1(C(=O)N(CCN)C2CCCCC2)CCCC1. The molecule has 3 nitrogen and oxygen atoms in total. The Morgan fingerprint density at radius 1 is 1.16 bits per heavy atom. The molecular formula is C16H30N2O. The van der Waals surface area contributed by atoms with Crippen molar-refractivity contribution < 1.29 is 4.79 Å². The van der Waals surface area contributed by atoms with Crippen LogP contribution in [-0.2, 0) is 4.79 Å². The lowest BCUT2D eigenvalue weighted by molar-refractivity contribution is -0.145. The van der Waals surface area contributed by atoms with Crippen LogP contribution in [0.1, 0.15) is 71.1 Å². The van der Waals surface area contributed by atoms with Crippen LogP contribution in [0.2, 0.25) is 0 Å². The number of hydrogen-bond donors (Lipinski definition) is 1. The Morgan fingerprint density at radius 3 is 2.32 bits per heavy atom. The predicted octanol–water partition coefficient (Wildman–Crippen LogP) is 3.08. The summed E-state index contributed by atoms with van der Waals surface area (Å²) >= 11 is 0. The molecule has 1 amide bonds. The van der Waals surface area contributed by atoms with Gasteiger partial charge in [0.1, 0.15) is 0 Å². The molecule has 0 saturated heterocycles. The minimum atomic E-state index is -0.0490. The van der Waals surface area contributed by atoms with Gasteiger partial charge in [0, 0.05) is 24.5 Å². The van der Waals surface area contributed by atoms with Gasteiger partial charge in [-0.2, -0.15) is 0 Å². The maximum atomic E-state index is 13.1. The minimum absolute atomic E-state index is 0.0490. The molecule has 2 aliphatic carbocycles. The van der Waals surface area contributed by atoms with E-state index >= 15 is 0 Å². The van der Waals surface area contributed by atoms with Gasteiger partial charge >= 0.3 is 0 Å². The zero-order valence-corrected chi connectivity index (χ0v) is 12.5. The van der Waals surface area contributed by atoms with Gasteiger partial charge in [0.05, 0.1) is 0 Å². The van der Waals surface area contributed by atoms with Gasteiger partial charge in [0.2, 0.25) is 5.91 Å². The molecular weight excluding hydrogens is 236 g/mol. The van der Waals surface area contributed by atoms with Crippen LogP contribution in [0.4, 0.5) is 0 Å². The van der Waals surface area contributed by atoms with Crippen molar-refractivity contribution in [1.82, 2.24) is 4.90 Å². The molecule has 2 saturated carbocycles. The van der Waals surface area contributed by atoms with Crippen LogP contribution < -0.4 is 5.73 Å². The molecule has 2 rings (SSSR count). The van der Waals surface area contributed by atoms with E-state index in [9.17, 15) is 4.79 Å². The molecule has 0 aromatic rings. The molecule has 19 heavy (non-hydrogen) atoms. The highest BCUT2D eigenvalue weighted by Gasteiger charge is 2.43. The van der Waals surface area contributed by atoms with Gasteiger partial charge in [-0.1, -0.05) is 39.0 Å². The van der Waals surface area contributed by atoms with E-state index in [1.165, 1.54) is 44.9 Å². The fraction of sp³-hybridized carbons (Fsp3) is 0.938. The Bertz CT molecular complexity index is 291. The van der Waals surface area contributed by atoms with Crippen LogP contribution in [0.15, 0.2) is 0 Å². The molecule has 2 fully saturated rings. The van der Waals surface area contributed by atoms with Crippen LogP contribution in [0, 0.1) is 5.41 Å². The molecule has 0 atom stereocenters. The Balaban J connectivity index is 2.10. The smallest absolute Gasteiger partial charge is 0.229 e. The van der Waals surface area contributed by atoms with Gasteiger partial charge < -0.3 is 10.6 Å². The zero-order valence-electron chi connectivity index (χ0n) is 12.5. The average Bonchev–Trinajstić information content (AvgIpc) is 2.95. The van der Waals surface area contributed by atoms with E-state index in [0.717, 1.165) is 25.8 Å². The molecule has 0 radical (unpaired) electrons. The van der Waals surface area contributed by atoms with Gasteiger partial charge in [0.15, 0.2) is 0 Å². The van der Waals surface area contributed by atoms with E-state index in [1.807, 2.05) is 0 Å². The number of carbonyl (C=O) groups is 1. The van der Waals surface area contributed by atoms with E-state index < -0.39 is 0 Å². The van der Waals surface area contributed by atoms with Gasteiger partial charge in [-0.15, -0.1) is 0 Å². The monoisotopic (exact) mass is 266 g/mol. The molecule has 0 heterocycles. The van der Waals surface area contributed by atoms with Gasteiger partial charge in [-0.05, 0) is 32.1 Å². The Labute approximate surface area is 117 Å². The topological polar surface area (TPSA) is 46.3 Å². The van der Waals surface area contributed by atoms with Crippen LogP contribution in [-0.4, -0.2) is 29.9 Å². The molecule has 2 aliphatic rings. The second kappa shape index (κ2) is 6.74. The first-order valence-electron chi connectivity index (χ1n) is 8.24. The average molecular weight is 266 g/mol. The zero-order chi connectivity index (χ0) is 13.7. The minimum Gasteiger partial charge on any atom is -0.338 e. The van der Waals surface area contributed by atoms with Crippen molar-refractivity contribution in [3.8, 4) is 0 Å². The lowest BCUT2D eigenvalue weighted by atomic mass is 9.80. The first-order chi connectivity index (χ1) is 9.23. The van der Waals surface area contributed by atoms with Crippen LogP contribution >= 0.6 is 0 Å². The molecule has 3 heteroatoms. The summed E-state index contributed by atoms with van der Waals surface area (Å²) in [5.74, 6) is 0.421. The normalized spacial score (nSPS) is 23.5. The summed E-state index contributed by atoms with van der Waals surface area (Å²) in [5.41, 5.74) is 5.71. The van der Waals surface area contributed by atoms with Crippen LogP contribution in [0.5, 0.6) is 0 Å². The number of amides is 1. The van der Waals surface area contributed by atoms with Crippen molar-refractivity contribution in [2.24, 2.45) is 11.1 Å². The van der Waals surface area contributed by atoms with Crippen LogP contribution in [0.25, 0.3) is 0 Å². The number of carbonyl (C=O) groups excluding carboxylic acids is 1.